The number of benzene rings is 1. The number of rotatable bonds is 5. The average Bonchev–Trinajstić information content (AvgIpc) is 3.01. The predicted octanol–water partition coefficient (Wildman–Crippen LogP) is 2.52. The SMILES string of the molecule is CN1CC=CN(c2ccc(OCCN3CCCC3)cc2F)C1. The standard InChI is InChI=1S/C17H24FN3O/c1-19-7-4-10-21(14-19)17-6-5-15(13-16(17)18)22-12-11-20-8-2-3-9-20/h4-6,10,13H,2-3,7-9,11-12,14H2,1H3. The van der Waals surface area contributed by atoms with E-state index in [1.807, 2.05) is 30.3 Å². The zero-order valence-electron chi connectivity index (χ0n) is 13.2. The lowest BCUT2D eigenvalue weighted by Crippen LogP contribution is -2.36. The Morgan fingerprint density at radius 1 is 1.23 bits per heavy atom. The summed E-state index contributed by atoms with van der Waals surface area (Å²) in [5, 5.41) is 0. The molecule has 5 heteroatoms. The first-order chi connectivity index (χ1) is 10.7. The van der Waals surface area contributed by atoms with Gasteiger partial charge in [0.2, 0.25) is 0 Å². The van der Waals surface area contributed by atoms with Gasteiger partial charge in [-0.05, 0) is 45.1 Å². The first-order valence-corrected chi connectivity index (χ1v) is 7.99. The third kappa shape index (κ3) is 3.78. The highest BCUT2D eigenvalue weighted by Gasteiger charge is 2.15. The van der Waals surface area contributed by atoms with Crippen molar-refractivity contribution in [1.82, 2.24) is 9.80 Å². The van der Waals surface area contributed by atoms with Crippen LogP contribution >= 0.6 is 0 Å². The molecule has 1 saturated heterocycles. The number of ether oxygens (including phenoxy) is 1. The number of halogens is 1. The molecule has 0 bridgehead atoms. The van der Waals surface area contributed by atoms with Crippen LogP contribution in [0.1, 0.15) is 12.8 Å². The Kier molecular flexibility index (Phi) is 4.95. The summed E-state index contributed by atoms with van der Waals surface area (Å²) in [5.41, 5.74) is 0.592. The van der Waals surface area contributed by atoms with Crippen LogP contribution < -0.4 is 9.64 Å². The van der Waals surface area contributed by atoms with Crippen molar-refractivity contribution in [2.45, 2.75) is 12.8 Å². The summed E-state index contributed by atoms with van der Waals surface area (Å²) in [4.78, 5) is 6.42. The molecule has 1 aromatic carbocycles. The molecule has 22 heavy (non-hydrogen) atoms. The lowest BCUT2D eigenvalue weighted by atomic mass is 10.2. The van der Waals surface area contributed by atoms with Gasteiger partial charge in [0.15, 0.2) is 5.82 Å². The van der Waals surface area contributed by atoms with Gasteiger partial charge in [-0.15, -0.1) is 0 Å². The highest BCUT2D eigenvalue weighted by molar-refractivity contribution is 5.53. The largest absolute Gasteiger partial charge is 0.492 e. The molecule has 2 aliphatic rings. The first kappa shape index (κ1) is 15.3. The van der Waals surface area contributed by atoms with Gasteiger partial charge in [0.25, 0.3) is 0 Å². The molecule has 0 aliphatic carbocycles. The fourth-order valence-corrected chi connectivity index (χ4v) is 2.98. The molecule has 0 N–H and O–H groups in total. The van der Waals surface area contributed by atoms with Crippen LogP contribution in [0.15, 0.2) is 30.5 Å². The van der Waals surface area contributed by atoms with E-state index in [0.29, 0.717) is 24.7 Å². The van der Waals surface area contributed by atoms with Crippen molar-refractivity contribution in [3.05, 3.63) is 36.3 Å². The molecule has 0 amide bonds. The second kappa shape index (κ2) is 7.11. The second-order valence-electron chi connectivity index (χ2n) is 6.05. The van der Waals surface area contributed by atoms with Crippen LogP contribution in [0.25, 0.3) is 0 Å². The number of likely N-dealkylation sites (N-methyl/N-ethyl adjacent to an activating group) is 1. The minimum atomic E-state index is -0.237. The lowest BCUT2D eigenvalue weighted by molar-refractivity contribution is 0.237. The maximum Gasteiger partial charge on any atom is 0.150 e. The van der Waals surface area contributed by atoms with Gasteiger partial charge >= 0.3 is 0 Å². The number of likely N-dealkylation sites (tertiary alicyclic amines) is 1. The minimum Gasteiger partial charge on any atom is -0.492 e. The Hall–Kier alpha value is -1.59. The van der Waals surface area contributed by atoms with Crippen molar-refractivity contribution < 1.29 is 9.13 Å². The molecule has 3 rings (SSSR count). The zero-order chi connectivity index (χ0) is 15.4. The van der Waals surface area contributed by atoms with E-state index in [4.69, 9.17) is 4.74 Å². The van der Waals surface area contributed by atoms with Crippen LogP contribution in [0.3, 0.4) is 0 Å². The normalized spacial score (nSPS) is 19.8. The molecule has 2 heterocycles. The molecule has 0 spiro atoms. The smallest absolute Gasteiger partial charge is 0.150 e. The van der Waals surface area contributed by atoms with E-state index in [1.54, 1.807) is 6.07 Å². The van der Waals surface area contributed by atoms with Crippen LogP contribution in [-0.2, 0) is 0 Å². The predicted molar refractivity (Wildman–Crippen MR) is 86.7 cm³/mol. The molecule has 1 fully saturated rings. The molecular weight excluding hydrogens is 281 g/mol. The zero-order valence-corrected chi connectivity index (χ0v) is 13.2. The van der Waals surface area contributed by atoms with Gasteiger partial charge in [-0.2, -0.15) is 0 Å². The minimum absolute atomic E-state index is 0.237. The quantitative estimate of drug-likeness (QED) is 0.832. The van der Waals surface area contributed by atoms with Gasteiger partial charge in [-0.25, -0.2) is 4.39 Å². The maximum atomic E-state index is 14.3. The van der Waals surface area contributed by atoms with E-state index in [9.17, 15) is 4.39 Å². The summed E-state index contributed by atoms with van der Waals surface area (Å²) in [6.07, 6.45) is 6.53. The Bertz CT molecular complexity index is 529. The van der Waals surface area contributed by atoms with Crippen molar-refractivity contribution in [3.63, 3.8) is 0 Å². The molecule has 2 aliphatic heterocycles. The van der Waals surface area contributed by atoms with E-state index in [2.05, 4.69) is 9.80 Å². The van der Waals surface area contributed by atoms with Gasteiger partial charge in [0, 0.05) is 25.4 Å². The van der Waals surface area contributed by atoms with Gasteiger partial charge in [0.1, 0.15) is 12.4 Å². The Morgan fingerprint density at radius 3 is 2.77 bits per heavy atom. The van der Waals surface area contributed by atoms with Crippen molar-refractivity contribution in [2.75, 3.05) is 51.4 Å². The monoisotopic (exact) mass is 305 g/mol. The van der Waals surface area contributed by atoms with E-state index in [-0.39, 0.29) is 5.82 Å². The van der Waals surface area contributed by atoms with Crippen molar-refractivity contribution >= 4 is 5.69 Å². The number of hydrogen-bond acceptors (Lipinski definition) is 4. The lowest BCUT2D eigenvalue weighted by Gasteiger charge is -2.30. The fourth-order valence-electron chi connectivity index (χ4n) is 2.98. The van der Waals surface area contributed by atoms with E-state index < -0.39 is 0 Å². The molecule has 0 radical (unpaired) electrons. The van der Waals surface area contributed by atoms with Gasteiger partial charge in [-0.3, -0.25) is 9.80 Å². The van der Waals surface area contributed by atoms with E-state index in [0.717, 1.165) is 26.2 Å². The van der Waals surface area contributed by atoms with Gasteiger partial charge in [0.05, 0.1) is 12.4 Å². The Morgan fingerprint density at radius 2 is 2.05 bits per heavy atom. The second-order valence-corrected chi connectivity index (χ2v) is 6.05. The van der Waals surface area contributed by atoms with Crippen molar-refractivity contribution in [1.29, 1.82) is 0 Å². The fraction of sp³-hybridized carbons (Fsp3) is 0.529. The summed E-state index contributed by atoms with van der Waals surface area (Å²) in [6.45, 7) is 5.45. The molecule has 120 valence electrons. The number of nitrogens with zero attached hydrogens (tertiary/aromatic N) is 3. The van der Waals surface area contributed by atoms with Gasteiger partial charge in [-0.1, -0.05) is 6.08 Å². The van der Waals surface area contributed by atoms with Crippen LogP contribution in [0.2, 0.25) is 0 Å². The summed E-state index contributed by atoms with van der Waals surface area (Å²) < 4.78 is 20.0. The van der Waals surface area contributed by atoms with Crippen LogP contribution in [0, 0.1) is 5.82 Å². The summed E-state index contributed by atoms with van der Waals surface area (Å²) in [7, 11) is 2.02. The summed E-state index contributed by atoms with van der Waals surface area (Å²) >= 11 is 0. The highest BCUT2D eigenvalue weighted by Crippen LogP contribution is 2.25. The van der Waals surface area contributed by atoms with Crippen LogP contribution in [0.4, 0.5) is 10.1 Å². The third-order valence-electron chi connectivity index (χ3n) is 4.20. The van der Waals surface area contributed by atoms with Crippen molar-refractivity contribution in [3.8, 4) is 5.75 Å². The number of hydrogen-bond donors (Lipinski definition) is 0. The van der Waals surface area contributed by atoms with E-state index in [1.165, 1.54) is 18.9 Å². The molecule has 4 nitrogen and oxygen atoms in total. The summed E-state index contributed by atoms with van der Waals surface area (Å²) in [6, 6.07) is 5.14. The molecule has 0 saturated carbocycles. The topological polar surface area (TPSA) is 19.0 Å². The van der Waals surface area contributed by atoms with Crippen molar-refractivity contribution in [2.24, 2.45) is 0 Å². The van der Waals surface area contributed by atoms with Gasteiger partial charge < -0.3 is 9.64 Å². The van der Waals surface area contributed by atoms with Crippen LogP contribution in [0.5, 0.6) is 5.75 Å². The third-order valence-corrected chi connectivity index (χ3v) is 4.20. The molecule has 0 aromatic heterocycles. The molecular formula is C17H24FN3O. The number of anilines is 1. The highest BCUT2D eigenvalue weighted by atomic mass is 19.1. The average molecular weight is 305 g/mol. The Balaban J connectivity index is 1.57. The van der Waals surface area contributed by atoms with E-state index >= 15 is 0 Å². The molecule has 0 unspecified atom stereocenters. The van der Waals surface area contributed by atoms with Crippen LogP contribution in [-0.4, -0.2) is 56.3 Å². The first-order valence-electron chi connectivity index (χ1n) is 7.99. The molecule has 1 aromatic rings. The molecule has 0 atom stereocenters. The maximum absolute atomic E-state index is 14.3. The Labute approximate surface area is 131 Å². The summed E-state index contributed by atoms with van der Waals surface area (Å²) in [5.74, 6) is 0.369.